The lowest BCUT2D eigenvalue weighted by Crippen LogP contribution is -2.46. The van der Waals surface area contributed by atoms with Gasteiger partial charge in [0.2, 0.25) is 6.79 Å². The molecule has 2 aliphatic rings. The van der Waals surface area contributed by atoms with Crippen molar-refractivity contribution in [1.29, 1.82) is 0 Å². The molecule has 1 saturated heterocycles. The van der Waals surface area contributed by atoms with E-state index >= 15 is 0 Å². The molecule has 0 aliphatic carbocycles. The number of ether oxygens (including phenoxy) is 2. The fourth-order valence-corrected chi connectivity index (χ4v) is 4.33. The van der Waals surface area contributed by atoms with Crippen LogP contribution >= 0.6 is 0 Å². The fraction of sp³-hybridized carbons (Fsp3) is 0.261. The summed E-state index contributed by atoms with van der Waals surface area (Å²) in [7, 11) is 0. The Balaban J connectivity index is 1.37. The zero-order valence-electron chi connectivity index (χ0n) is 17.2. The smallest absolute Gasteiger partial charge is 0.325 e. The number of para-hydroxylation sites is 1. The Hall–Kier alpha value is -3.81. The minimum Gasteiger partial charge on any atom is -0.454 e. The number of hydrogen-bond donors (Lipinski definition) is 2. The van der Waals surface area contributed by atoms with Gasteiger partial charge in [-0.05, 0) is 37.6 Å². The molecule has 2 aromatic carbocycles. The zero-order chi connectivity index (χ0) is 21.8. The first-order valence-electron chi connectivity index (χ1n) is 9.99. The van der Waals surface area contributed by atoms with Crippen LogP contribution in [0.25, 0.3) is 10.9 Å². The maximum Gasteiger partial charge on any atom is 0.325 e. The Morgan fingerprint density at radius 1 is 1.13 bits per heavy atom. The standard InChI is InChI=1S/C23H21N3O5/c1-13-20(15-5-3-4-6-16(15)24-13)17(27)11-26-21(28)23(2,25-22(26)29)10-14-7-8-18-19(9-14)31-12-30-18/h3-9,24H,10-12H2,1-2H3,(H,25,29)/t23-/m1/s1. The van der Waals surface area contributed by atoms with Crippen molar-refractivity contribution in [2.75, 3.05) is 13.3 Å². The second-order valence-corrected chi connectivity index (χ2v) is 8.11. The van der Waals surface area contributed by atoms with Crippen LogP contribution in [0.3, 0.4) is 0 Å². The van der Waals surface area contributed by atoms with Crippen molar-refractivity contribution in [3.05, 3.63) is 59.3 Å². The van der Waals surface area contributed by atoms with Crippen LogP contribution in [0.2, 0.25) is 0 Å². The van der Waals surface area contributed by atoms with E-state index in [-0.39, 0.29) is 25.5 Å². The van der Waals surface area contributed by atoms with E-state index in [0.29, 0.717) is 22.8 Å². The normalized spacial score (nSPS) is 19.9. The summed E-state index contributed by atoms with van der Waals surface area (Å²) < 4.78 is 10.7. The number of aromatic nitrogens is 1. The van der Waals surface area contributed by atoms with Gasteiger partial charge in [-0.25, -0.2) is 4.79 Å². The Morgan fingerprint density at radius 2 is 1.90 bits per heavy atom. The minimum atomic E-state index is -1.15. The van der Waals surface area contributed by atoms with Gasteiger partial charge in [-0.1, -0.05) is 24.3 Å². The van der Waals surface area contributed by atoms with Crippen molar-refractivity contribution >= 4 is 28.6 Å². The number of ketones is 1. The third-order valence-corrected chi connectivity index (χ3v) is 5.81. The number of nitrogens with one attached hydrogen (secondary N) is 2. The van der Waals surface area contributed by atoms with E-state index in [0.717, 1.165) is 21.4 Å². The number of rotatable bonds is 5. The highest BCUT2D eigenvalue weighted by Crippen LogP contribution is 2.34. The number of urea groups is 1. The number of hydrogen-bond acceptors (Lipinski definition) is 5. The molecule has 8 heteroatoms. The van der Waals surface area contributed by atoms with Gasteiger partial charge >= 0.3 is 6.03 Å². The van der Waals surface area contributed by atoms with Gasteiger partial charge in [-0.2, -0.15) is 0 Å². The van der Waals surface area contributed by atoms with Crippen LogP contribution in [0.1, 0.15) is 28.5 Å². The summed E-state index contributed by atoms with van der Waals surface area (Å²) in [4.78, 5) is 43.0. The highest BCUT2D eigenvalue weighted by atomic mass is 16.7. The third-order valence-electron chi connectivity index (χ3n) is 5.81. The van der Waals surface area contributed by atoms with Gasteiger partial charge in [0.25, 0.3) is 5.91 Å². The summed E-state index contributed by atoms with van der Waals surface area (Å²) in [6.07, 6.45) is 0.269. The predicted molar refractivity (Wildman–Crippen MR) is 112 cm³/mol. The van der Waals surface area contributed by atoms with Gasteiger partial charge in [-0.15, -0.1) is 0 Å². The number of aryl methyl sites for hydroxylation is 1. The van der Waals surface area contributed by atoms with Crippen LogP contribution < -0.4 is 14.8 Å². The first-order valence-corrected chi connectivity index (χ1v) is 9.99. The first kappa shape index (κ1) is 19.2. The maximum absolute atomic E-state index is 13.2. The van der Waals surface area contributed by atoms with E-state index in [2.05, 4.69) is 10.3 Å². The van der Waals surface area contributed by atoms with E-state index in [1.54, 1.807) is 19.1 Å². The van der Waals surface area contributed by atoms with Crippen molar-refractivity contribution in [2.24, 2.45) is 0 Å². The number of Topliss-reactive ketones (excluding diaryl/α,β-unsaturated/α-hetero) is 1. The topological polar surface area (TPSA) is 101 Å². The van der Waals surface area contributed by atoms with Gasteiger partial charge in [0.15, 0.2) is 17.3 Å². The molecule has 1 fully saturated rings. The van der Waals surface area contributed by atoms with Gasteiger partial charge in [0.1, 0.15) is 5.54 Å². The highest BCUT2D eigenvalue weighted by Gasteiger charge is 2.48. The van der Waals surface area contributed by atoms with Crippen LogP contribution in [0.5, 0.6) is 11.5 Å². The minimum absolute atomic E-state index is 0.162. The first-order chi connectivity index (χ1) is 14.9. The molecule has 0 unspecified atom stereocenters. The van der Waals surface area contributed by atoms with Crippen molar-refractivity contribution in [3.63, 3.8) is 0 Å². The quantitative estimate of drug-likeness (QED) is 0.489. The molecule has 8 nitrogen and oxygen atoms in total. The highest BCUT2D eigenvalue weighted by molar-refractivity contribution is 6.15. The number of imide groups is 1. The lowest BCUT2D eigenvalue weighted by Gasteiger charge is -2.21. The molecule has 5 rings (SSSR count). The molecule has 0 spiro atoms. The van der Waals surface area contributed by atoms with Gasteiger partial charge in [0, 0.05) is 28.6 Å². The third kappa shape index (κ3) is 3.11. The molecular formula is C23H21N3O5. The van der Waals surface area contributed by atoms with Crippen molar-refractivity contribution in [3.8, 4) is 11.5 Å². The molecule has 158 valence electrons. The van der Waals surface area contributed by atoms with Crippen LogP contribution in [0.15, 0.2) is 42.5 Å². The molecule has 3 aromatic rings. The number of carbonyl (C=O) groups excluding carboxylic acids is 3. The summed E-state index contributed by atoms with van der Waals surface area (Å²) >= 11 is 0. The summed E-state index contributed by atoms with van der Waals surface area (Å²) in [5.74, 6) is 0.545. The molecule has 31 heavy (non-hydrogen) atoms. The van der Waals surface area contributed by atoms with Crippen molar-refractivity contribution in [1.82, 2.24) is 15.2 Å². The number of carbonyl (C=O) groups is 3. The van der Waals surface area contributed by atoms with Gasteiger partial charge in [0.05, 0.1) is 6.54 Å². The summed E-state index contributed by atoms with van der Waals surface area (Å²) in [5, 5.41) is 3.53. The van der Waals surface area contributed by atoms with E-state index in [1.807, 2.05) is 37.3 Å². The van der Waals surface area contributed by atoms with Crippen molar-refractivity contribution < 1.29 is 23.9 Å². The molecule has 2 N–H and O–H groups in total. The van der Waals surface area contributed by atoms with E-state index in [1.165, 1.54) is 0 Å². The number of benzene rings is 2. The fourth-order valence-electron chi connectivity index (χ4n) is 4.33. The molecule has 3 heterocycles. The average Bonchev–Trinajstić information content (AvgIpc) is 3.38. The van der Waals surface area contributed by atoms with Crippen LogP contribution in [0.4, 0.5) is 4.79 Å². The summed E-state index contributed by atoms with van der Waals surface area (Å²) in [6, 6.07) is 12.3. The Morgan fingerprint density at radius 3 is 2.74 bits per heavy atom. The summed E-state index contributed by atoms with van der Waals surface area (Å²) in [6.45, 7) is 3.32. The lowest BCUT2D eigenvalue weighted by atomic mass is 9.92. The molecule has 3 amide bonds. The zero-order valence-corrected chi connectivity index (χ0v) is 17.2. The van der Waals surface area contributed by atoms with Crippen LogP contribution in [0, 0.1) is 6.92 Å². The summed E-state index contributed by atoms with van der Waals surface area (Å²) in [5.41, 5.74) is 1.72. The number of aromatic amines is 1. The van der Waals surface area contributed by atoms with Crippen LogP contribution in [-0.2, 0) is 11.2 Å². The number of fused-ring (bicyclic) bond motifs is 2. The molecule has 0 radical (unpaired) electrons. The Bertz CT molecular complexity index is 1250. The van der Waals surface area contributed by atoms with E-state index in [4.69, 9.17) is 9.47 Å². The van der Waals surface area contributed by atoms with E-state index < -0.39 is 17.5 Å². The maximum atomic E-state index is 13.2. The monoisotopic (exact) mass is 419 g/mol. The number of nitrogens with zero attached hydrogens (tertiary/aromatic N) is 1. The second-order valence-electron chi connectivity index (χ2n) is 8.11. The molecule has 0 bridgehead atoms. The predicted octanol–water partition coefficient (Wildman–Crippen LogP) is 2.94. The number of amides is 3. The molecule has 1 aromatic heterocycles. The second kappa shape index (κ2) is 6.87. The molecule has 2 aliphatic heterocycles. The van der Waals surface area contributed by atoms with Crippen LogP contribution in [-0.4, -0.2) is 46.5 Å². The average molecular weight is 419 g/mol. The Kier molecular flexibility index (Phi) is 4.25. The number of H-pyrrole nitrogens is 1. The van der Waals surface area contributed by atoms with Crippen molar-refractivity contribution in [2.45, 2.75) is 25.8 Å². The Labute approximate surface area is 178 Å². The van der Waals surface area contributed by atoms with E-state index in [9.17, 15) is 14.4 Å². The lowest BCUT2D eigenvalue weighted by molar-refractivity contribution is -0.130. The largest absolute Gasteiger partial charge is 0.454 e. The van der Waals surface area contributed by atoms with Gasteiger partial charge < -0.3 is 19.8 Å². The molecule has 1 atom stereocenters. The SMILES string of the molecule is Cc1[nH]c2ccccc2c1C(=O)CN1C(=O)N[C@](C)(Cc2ccc3c(c2)OCO3)C1=O. The molecular weight excluding hydrogens is 398 g/mol. The van der Waals surface area contributed by atoms with Gasteiger partial charge in [-0.3, -0.25) is 14.5 Å². The molecule has 0 saturated carbocycles.